The summed E-state index contributed by atoms with van der Waals surface area (Å²) in [5.41, 5.74) is -0.202. The van der Waals surface area contributed by atoms with Crippen molar-refractivity contribution in [3.63, 3.8) is 0 Å². The van der Waals surface area contributed by atoms with Crippen molar-refractivity contribution in [2.24, 2.45) is 0 Å². The maximum atomic E-state index is 12.1. The van der Waals surface area contributed by atoms with Crippen LogP contribution in [0.4, 0.5) is 10.8 Å². The molecule has 8 heteroatoms. The van der Waals surface area contributed by atoms with Gasteiger partial charge in [0.1, 0.15) is 5.02 Å². The summed E-state index contributed by atoms with van der Waals surface area (Å²) in [6.07, 6.45) is 1.71. The first-order chi connectivity index (χ1) is 10.2. The van der Waals surface area contributed by atoms with Crippen LogP contribution in [-0.2, 0) is 5.41 Å². The van der Waals surface area contributed by atoms with Gasteiger partial charge in [-0.3, -0.25) is 20.2 Å². The second kappa shape index (κ2) is 6.02. The van der Waals surface area contributed by atoms with Crippen LogP contribution in [0.3, 0.4) is 0 Å². The highest BCUT2D eigenvalue weighted by atomic mass is 35.5. The van der Waals surface area contributed by atoms with Gasteiger partial charge in [-0.25, -0.2) is 4.98 Å². The zero-order chi connectivity index (χ0) is 16.5. The Morgan fingerprint density at radius 1 is 1.41 bits per heavy atom. The number of amides is 1. The van der Waals surface area contributed by atoms with E-state index in [0.29, 0.717) is 5.13 Å². The van der Waals surface area contributed by atoms with Crippen LogP contribution in [0.15, 0.2) is 24.4 Å². The SMILES string of the molecule is CC(C)(C)c1cnc(NC(=O)c2ccc(Cl)c([N+](=O)[O-])c2)s1. The molecule has 0 saturated heterocycles. The number of hydrogen-bond donors (Lipinski definition) is 1. The number of hydrogen-bond acceptors (Lipinski definition) is 5. The van der Waals surface area contributed by atoms with Crippen molar-refractivity contribution in [3.8, 4) is 0 Å². The van der Waals surface area contributed by atoms with Gasteiger partial charge >= 0.3 is 0 Å². The normalized spacial score (nSPS) is 11.3. The topological polar surface area (TPSA) is 85.1 Å². The molecular formula is C14H14ClN3O3S. The standard InChI is InChI=1S/C14H14ClN3O3S/c1-14(2,3)11-7-16-13(22-11)17-12(19)8-4-5-9(15)10(6-8)18(20)21/h4-7H,1-3H3,(H,16,17,19). The van der Waals surface area contributed by atoms with E-state index < -0.39 is 10.8 Å². The van der Waals surface area contributed by atoms with Gasteiger partial charge < -0.3 is 0 Å². The van der Waals surface area contributed by atoms with E-state index in [0.717, 1.165) is 10.9 Å². The van der Waals surface area contributed by atoms with E-state index in [1.807, 2.05) is 0 Å². The van der Waals surface area contributed by atoms with Gasteiger partial charge in [-0.1, -0.05) is 32.4 Å². The molecule has 0 bridgehead atoms. The zero-order valence-corrected chi connectivity index (χ0v) is 13.8. The minimum atomic E-state index is -0.625. The second-order valence-electron chi connectivity index (χ2n) is 5.66. The van der Waals surface area contributed by atoms with Crippen LogP contribution in [0.2, 0.25) is 5.02 Å². The fourth-order valence-corrected chi connectivity index (χ4v) is 2.70. The predicted molar refractivity (Wildman–Crippen MR) is 86.9 cm³/mol. The number of carbonyl (C=O) groups excluding carboxylic acids is 1. The Hall–Kier alpha value is -1.99. The van der Waals surface area contributed by atoms with Crippen LogP contribution in [-0.4, -0.2) is 15.8 Å². The van der Waals surface area contributed by atoms with E-state index in [-0.39, 0.29) is 21.7 Å². The summed E-state index contributed by atoms with van der Waals surface area (Å²) in [5.74, 6) is -0.463. The average molecular weight is 340 g/mol. The number of nitrogens with one attached hydrogen (secondary N) is 1. The third-order valence-corrected chi connectivity index (χ3v) is 4.53. The van der Waals surface area contributed by atoms with Crippen molar-refractivity contribution < 1.29 is 9.72 Å². The van der Waals surface area contributed by atoms with Gasteiger partial charge in [0, 0.05) is 22.7 Å². The summed E-state index contributed by atoms with van der Waals surface area (Å²) in [5, 5.41) is 13.9. The van der Waals surface area contributed by atoms with Crippen molar-refractivity contribution >= 4 is 39.7 Å². The van der Waals surface area contributed by atoms with Crippen molar-refractivity contribution in [2.45, 2.75) is 26.2 Å². The largest absolute Gasteiger partial charge is 0.298 e. The average Bonchev–Trinajstić information content (AvgIpc) is 2.87. The molecule has 2 aromatic rings. The summed E-state index contributed by atoms with van der Waals surface area (Å²) in [7, 11) is 0. The molecule has 0 fully saturated rings. The molecule has 1 heterocycles. The van der Waals surface area contributed by atoms with Gasteiger partial charge in [-0.2, -0.15) is 0 Å². The summed E-state index contributed by atoms with van der Waals surface area (Å²) in [6.45, 7) is 6.15. The van der Waals surface area contributed by atoms with E-state index in [9.17, 15) is 14.9 Å². The lowest BCUT2D eigenvalue weighted by molar-refractivity contribution is -0.384. The third-order valence-electron chi connectivity index (χ3n) is 2.87. The summed E-state index contributed by atoms with van der Waals surface area (Å²) >= 11 is 7.10. The smallest absolute Gasteiger partial charge is 0.288 e. The Labute approximate surface area is 136 Å². The number of carbonyl (C=O) groups is 1. The number of nitro benzene ring substituents is 1. The maximum Gasteiger partial charge on any atom is 0.288 e. The number of benzene rings is 1. The molecule has 116 valence electrons. The minimum absolute atomic E-state index is 0.00850. The lowest BCUT2D eigenvalue weighted by atomic mass is 9.96. The van der Waals surface area contributed by atoms with Crippen molar-refractivity contribution in [1.82, 2.24) is 4.98 Å². The third kappa shape index (κ3) is 3.61. The monoisotopic (exact) mass is 339 g/mol. The Balaban J connectivity index is 2.21. The van der Waals surface area contributed by atoms with E-state index in [1.165, 1.54) is 23.5 Å². The molecule has 1 N–H and O–H groups in total. The van der Waals surface area contributed by atoms with Crippen molar-refractivity contribution in [1.29, 1.82) is 0 Å². The second-order valence-corrected chi connectivity index (χ2v) is 7.09. The molecule has 0 unspecified atom stereocenters. The number of anilines is 1. The number of halogens is 1. The van der Waals surface area contributed by atoms with E-state index in [4.69, 9.17) is 11.6 Å². The molecule has 1 aromatic carbocycles. The number of aromatic nitrogens is 1. The fourth-order valence-electron chi connectivity index (χ4n) is 1.64. The predicted octanol–water partition coefficient (Wildman–Crippen LogP) is 4.25. The first-order valence-corrected chi connectivity index (χ1v) is 7.59. The Kier molecular flexibility index (Phi) is 4.48. The number of nitro groups is 1. The Morgan fingerprint density at radius 2 is 2.09 bits per heavy atom. The van der Waals surface area contributed by atoms with Gasteiger partial charge in [0.25, 0.3) is 11.6 Å². The lowest BCUT2D eigenvalue weighted by Gasteiger charge is -2.14. The van der Waals surface area contributed by atoms with Gasteiger partial charge in [0.2, 0.25) is 0 Å². The molecular weight excluding hydrogens is 326 g/mol. The summed E-state index contributed by atoms with van der Waals surface area (Å²) in [6, 6.07) is 3.91. The first kappa shape index (κ1) is 16.4. The molecule has 6 nitrogen and oxygen atoms in total. The van der Waals surface area contributed by atoms with Crippen LogP contribution < -0.4 is 5.32 Å². The zero-order valence-electron chi connectivity index (χ0n) is 12.2. The van der Waals surface area contributed by atoms with Gasteiger partial charge in [0.15, 0.2) is 5.13 Å². The summed E-state index contributed by atoms with van der Waals surface area (Å²) in [4.78, 5) is 27.6. The number of thiazole rings is 1. The van der Waals surface area contributed by atoms with E-state index >= 15 is 0 Å². The molecule has 0 saturated carbocycles. The van der Waals surface area contributed by atoms with E-state index in [1.54, 1.807) is 6.20 Å². The molecule has 1 aromatic heterocycles. The van der Waals surface area contributed by atoms with Crippen LogP contribution in [0.5, 0.6) is 0 Å². The fraction of sp³-hybridized carbons (Fsp3) is 0.286. The molecule has 0 aliphatic heterocycles. The molecule has 0 radical (unpaired) electrons. The van der Waals surface area contributed by atoms with Gasteiger partial charge in [-0.15, -0.1) is 11.3 Å². The highest BCUT2D eigenvalue weighted by molar-refractivity contribution is 7.15. The molecule has 22 heavy (non-hydrogen) atoms. The van der Waals surface area contributed by atoms with Crippen LogP contribution in [0, 0.1) is 10.1 Å². The number of rotatable bonds is 3. The molecule has 0 aliphatic rings. The molecule has 1 amide bonds. The molecule has 0 spiro atoms. The van der Waals surface area contributed by atoms with Crippen LogP contribution in [0.1, 0.15) is 36.0 Å². The maximum absolute atomic E-state index is 12.1. The quantitative estimate of drug-likeness (QED) is 0.669. The van der Waals surface area contributed by atoms with Gasteiger partial charge in [0.05, 0.1) is 4.92 Å². The van der Waals surface area contributed by atoms with E-state index in [2.05, 4.69) is 31.1 Å². The Bertz CT molecular complexity index is 737. The molecule has 0 atom stereocenters. The lowest BCUT2D eigenvalue weighted by Crippen LogP contribution is -2.12. The highest BCUT2D eigenvalue weighted by Crippen LogP contribution is 2.30. The molecule has 2 rings (SSSR count). The first-order valence-electron chi connectivity index (χ1n) is 6.40. The highest BCUT2D eigenvalue weighted by Gasteiger charge is 2.20. The van der Waals surface area contributed by atoms with Gasteiger partial charge in [-0.05, 0) is 17.5 Å². The van der Waals surface area contributed by atoms with Crippen molar-refractivity contribution in [2.75, 3.05) is 5.32 Å². The summed E-state index contributed by atoms with van der Waals surface area (Å²) < 4.78 is 0. The van der Waals surface area contributed by atoms with Crippen LogP contribution in [0.25, 0.3) is 0 Å². The minimum Gasteiger partial charge on any atom is -0.298 e. The number of nitrogens with zero attached hydrogens (tertiary/aromatic N) is 2. The van der Waals surface area contributed by atoms with Crippen molar-refractivity contribution in [3.05, 3.63) is 50.0 Å². The molecule has 0 aliphatic carbocycles. The van der Waals surface area contributed by atoms with Crippen LogP contribution >= 0.6 is 22.9 Å². The Morgan fingerprint density at radius 3 is 2.64 bits per heavy atom.